The zero-order valence-corrected chi connectivity index (χ0v) is 13.3. The smallest absolute Gasteiger partial charge is 0.238 e. The molecule has 0 bridgehead atoms. The molecule has 0 unspecified atom stereocenters. The van der Waals surface area contributed by atoms with Gasteiger partial charge in [0.15, 0.2) is 17.3 Å². The molecule has 2 rings (SSSR count). The van der Waals surface area contributed by atoms with Crippen molar-refractivity contribution in [3.8, 4) is 17.6 Å². The standard InChI is InChI=1S/C18H16N2O4/c1-23-15-7-6-13(11-16(15)24-2)18(22)12-4-3-5-14(10-12)20-17(21)8-9-19/h3-7,10-11H,8H2,1-2H3,(H,20,21). The molecular weight excluding hydrogens is 308 g/mol. The lowest BCUT2D eigenvalue weighted by molar-refractivity contribution is -0.115. The molecule has 0 atom stereocenters. The molecule has 0 aliphatic heterocycles. The van der Waals surface area contributed by atoms with Crippen molar-refractivity contribution in [1.29, 1.82) is 5.26 Å². The maximum atomic E-state index is 12.6. The van der Waals surface area contributed by atoms with Crippen LogP contribution in [0.25, 0.3) is 0 Å². The molecule has 1 N–H and O–H groups in total. The zero-order valence-electron chi connectivity index (χ0n) is 13.3. The molecule has 0 aliphatic rings. The van der Waals surface area contributed by atoms with Gasteiger partial charge in [-0.3, -0.25) is 9.59 Å². The van der Waals surface area contributed by atoms with E-state index in [2.05, 4.69) is 5.32 Å². The van der Waals surface area contributed by atoms with Gasteiger partial charge in [-0.05, 0) is 30.3 Å². The fraction of sp³-hybridized carbons (Fsp3) is 0.167. The number of nitriles is 1. The third-order valence-corrected chi connectivity index (χ3v) is 3.29. The summed E-state index contributed by atoms with van der Waals surface area (Å²) in [6, 6.07) is 13.2. The summed E-state index contributed by atoms with van der Waals surface area (Å²) in [6.45, 7) is 0. The molecule has 0 radical (unpaired) electrons. The molecule has 1 amide bonds. The van der Waals surface area contributed by atoms with Gasteiger partial charge in [0.1, 0.15) is 6.42 Å². The second-order valence-corrected chi connectivity index (χ2v) is 4.86. The van der Waals surface area contributed by atoms with E-state index in [0.29, 0.717) is 28.3 Å². The van der Waals surface area contributed by atoms with E-state index in [1.807, 2.05) is 0 Å². The highest BCUT2D eigenvalue weighted by molar-refractivity contribution is 6.10. The number of benzene rings is 2. The van der Waals surface area contributed by atoms with Crippen LogP contribution in [0.1, 0.15) is 22.3 Å². The summed E-state index contributed by atoms with van der Waals surface area (Å²) in [5.74, 6) is 0.356. The van der Waals surface area contributed by atoms with Crippen LogP contribution in [0.15, 0.2) is 42.5 Å². The van der Waals surface area contributed by atoms with Crippen molar-refractivity contribution in [2.75, 3.05) is 19.5 Å². The number of carbonyl (C=O) groups excluding carboxylic acids is 2. The number of anilines is 1. The highest BCUT2D eigenvalue weighted by Crippen LogP contribution is 2.28. The van der Waals surface area contributed by atoms with E-state index in [1.165, 1.54) is 14.2 Å². The van der Waals surface area contributed by atoms with Crippen LogP contribution < -0.4 is 14.8 Å². The molecule has 2 aromatic rings. The lowest BCUT2D eigenvalue weighted by atomic mass is 10.0. The fourth-order valence-corrected chi connectivity index (χ4v) is 2.16. The van der Waals surface area contributed by atoms with Crippen LogP contribution in [0.2, 0.25) is 0 Å². The zero-order chi connectivity index (χ0) is 17.5. The quantitative estimate of drug-likeness (QED) is 0.825. The van der Waals surface area contributed by atoms with Gasteiger partial charge in [0, 0.05) is 16.8 Å². The predicted octanol–water partition coefficient (Wildman–Crippen LogP) is 2.79. The number of amides is 1. The van der Waals surface area contributed by atoms with Gasteiger partial charge >= 0.3 is 0 Å². The maximum absolute atomic E-state index is 12.6. The summed E-state index contributed by atoms with van der Waals surface area (Å²) < 4.78 is 10.4. The summed E-state index contributed by atoms with van der Waals surface area (Å²) in [7, 11) is 3.02. The van der Waals surface area contributed by atoms with Crippen LogP contribution in [-0.4, -0.2) is 25.9 Å². The Morgan fingerprint density at radius 2 is 1.75 bits per heavy atom. The van der Waals surface area contributed by atoms with Crippen LogP contribution in [-0.2, 0) is 4.79 Å². The molecule has 24 heavy (non-hydrogen) atoms. The van der Waals surface area contributed by atoms with Gasteiger partial charge in [-0.15, -0.1) is 0 Å². The number of hydrogen-bond donors (Lipinski definition) is 1. The number of hydrogen-bond acceptors (Lipinski definition) is 5. The molecule has 6 heteroatoms. The van der Waals surface area contributed by atoms with E-state index in [0.717, 1.165) is 0 Å². The second-order valence-electron chi connectivity index (χ2n) is 4.86. The van der Waals surface area contributed by atoms with Gasteiger partial charge in [-0.1, -0.05) is 12.1 Å². The monoisotopic (exact) mass is 324 g/mol. The number of nitrogens with one attached hydrogen (secondary N) is 1. The van der Waals surface area contributed by atoms with Crippen molar-refractivity contribution in [1.82, 2.24) is 0 Å². The molecular formula is C18H16N2O4. The summed E-state index contributed by atoms with van der Waals surface area (Å²) in [5, 5.41) is 11.1. The fourth-order valence-electron chi connectivity index (χ4n) is 2.16. The minimum absolute atomic E-state index is 0.215. The number of methoxy groups -OCH3 is 2. The summed E-state index contributed by atoms with van der Waals surface area (Å²) in [5.41, 5.74) is 1.31. The number of nitrogens with zero attached hydrogens (tertiary/aromatic N) is 1. The predicted molar refractivity (Wildman–Crippen MR) is 88.3 cm³/mol. The van der Waals surface area contributed by atoms with Crippen LogP contribution in [0.5, 0.6) is 11.5 Å². The van der Waals surface area contributed by atoms with E-state index in [4.69, 9.17) is 14.7 Å². The molecule has 0 aliphatic carbocycles. The van der Waals surface area contributed by atoms with Crippen molar-refractivity contribution in [3.63, 3.8) is 0 Å². The third-order valence-electron chi connectivity index (χ3n) is 3.29. The molecule has 0 heterocycles. The Morgan fingerprint density at radius 3 is 2.42 bits per heavy atom. The van der Waals surface area contributed by atoms with E-state index < -0.39 is 5.91 Å². The summed E-state index contributed by atoms with van der Waals surface area (Å²) in [6.07, 6.45) is -0.242. The molecule has 0 saturated heterocycles. The Hall–Kier alpha value is -3.33. The lowest BCUT2D eigenvalue weighted by Crippen LogP contribution is -2.11. The molecule has 0 saturated carbocycles. The van der Waals surface area contributed by atoms with Crippen LogP contribution >= 0.6 is 0 Å². The van der Waals surface area contributed by atoms with Crippen molar-refractivity contribution >= 4 is 17.4 Å². The Kier molecular flexibility index (Phi) is 5.53. The topological polar surface area (TPSA) is 88.4 Å². The number of ether oxygens (including phenoxy) is 2. The lowest BCUT2D eigenvalue weighted by Gasteiger charge is -2.10. The van der Waals surface area contributed by atoms with Gasteiger partial charge in [0.2, 0.25) is 5.91 Å². The molecule has 2 aromatic carbocycles. The highest BCUT2D eigenvalue weighted by atomic mass is 16.5. The summed E-state index contributed by atoms with van der Waals surface area (Å²) >= 11 is 0. The Labute approximate surface area is 139 Å². The molecule has 0 aromatic heterocycles. The third kappa shape index (κ3) is 3.90. The highest BCUT2D eigenvalue weighted by Gasteiger charge is 2.13. The second kappa shape index (κ2) is 7.79. The first-order valence-electron chi connectivity index (χ1n) is 7.12. The van der Waals surface area contributed by atoms with Crippen LogP contribution in [0, 0.1) is 11.3 Å². The van der Waals surface area contributed by atoms with Gasteiger partial charge in [0.25, 0.3) is 0 Å². The summed E-state index contributed by atoms with van der Waals surface area (Å²) in [4.78, 5) is 24.1. The van der Waals surface area contributed by atoms with E-state index in [9.17, 15) is 9.59 Å². The first kappa shape index (κ1) is 17.0. The van der Waals surface area contributed by atoms with Crippen molar-refractivity contribution < 1.29 is 19.1 Å². The van der Waals surface area contributed by atoms with Crippen LogP contribution in [0.4, 0.5) is 5.69 Å². The molecule has 6 nitrogen and oxygen atoms in total. The van der Waals surface area contributed by atoms with Crippen molar-refractivity contribution in [3.05, 3.63) is 53.6 Å². The van der Waals surface area contributed by atoms with E-state index >= 15 is 0 Å². The number of rotatable bonds is 6. The average Bonchev–Trinajstić information content (AvgIpc) is 2.60. The first-order chi connectivity index (χ1) is 11.6. The maximum Gasteiger partial charge on any atom is 0.238 e. The number of carbonyl (C=O) groups is 2. The van der Waals surface area contributed by atoms with Gasteiger partial charge < -0.3 is 14.8 Å². The Bertz CT molecular complexity index is 809. The largest absolute Gasteiger partial charge is 0.493 e. The Balaban J connectivity index is 2.27. The number of ketones is 1. The normalized spacial score (nSPS) is 9.71. The van der Waals surface area contributed by atoms with Crippen molar-refractivity contribution in [2.24, 2.45) is 0 Å². The van der Waals surface area contributed by atoms with Gasteiger partial charge in [-0.2, -0.15) is 5.26 Å². The first-order valence-corrected chi connectivity index (χ1v) is 7.12. The molecule has 0 fully saturated rings. The SMILES string of the molecule is COc1ccc(C(=O)c2cccc(NC(=O)CC#N)c2)cc1OC. The van der Waals surface area contributed by atoms with Crippen LogP contribution in [0.3, 0.4) is 0 Å². The average molecular weight is 324 g/mol. The van der Waals surface area contributed by atoms with Gasteiger partial charge in [-0.25, -0.2) is 0 Å². The van der Waals surface area contributed by atoms with Gasteiger partial charge in [0.05, 0.1) is 20.3 Å². The van der Waals surface area contributed by atoms with E-state index in [-0.39, 0.29) is 12.2 Å². The van der Waals surface area contributed by atoms with E-state index in [1.54, 1.807) is 48.5 Å². The minimum atomic E-state index is -0.423. The molecule has 122 valence electrons. The Morgan fingerprint density at radius 1 is 1.04 bits per heavy atom. The minimum Gasteiger partial charge on any atom is -0.493 e. The van der Waals surface area contributed by atoms with Crippen molar-refractivity contribution in [2.45, 2.75) is 6.42 Å². The molecule has 0 spiro atoms.